The van der Waals surface area contributed by atoms with E-state index in [1.165, 1.54) is 11.1 Å². The monoisotopic (exact) mass is 329 g/mol. The van der Waals surface area contributed by atoms with Gasteiger partial charge in [0.25, 0.3) is 0 Å². The van der Waals surface area contributed by atoms with Crippen LogP contribution in [0.2, 0.25) is 0 Å². The summed E-state index contributed by atoms with van der Waals surface area (Å²) in [6, 6.07) is 8.40. The Bertz CT molecular complexity index is 662. The van der Waals surface area contributed by atoms with Gasteiger partial charge in [-0.15, -0.1) is 0 Å². The predicted molar refractivity (Wildman–Crippen MR) is 84.7 cm³/mol. The molecule has 102 valence electrons. The van der Waals surface area contributed by atoms with Crippen molar-refractivity contribution in [3.8, 4) is 0 Å². The molecule has 2 aromatic rings. The van der Waals surface area contributed by atoms with Gasteiger partial charge in [-0.1, -0.05) is 34.1 Å². The first-order valence-corrected chi connectivity index (χ1v) is 7.44. The lowest BCUT2D eigenvalue weighted by atomic mass is 10.1. The molecule has 1 aromatic heterocycles. The van der Waals surface area contributed by atoms with Gasteiger partial charge in [0.2, 0.25) is 0 Å². The maximum atomic E-state index is 4.62. The molecule has 0 saturated carbocycles. The molecular weight excluding hydrogens is 314 g/mol. The molecule has 4 heteroatoms. The third-order valence-electron chi connectivity index (χ3n) is 3.45. The summed E-state index contributed by atoms with van der Waals surface area (Å²) in [5.74, 6) is 1.87. The zero-order valence-electron chi connectivity index (χ0n) is 11.6. The summed E-state index contributed by atoms with van der Waals surface area (Å²) in [5.41, 5.74) is 3.58. The highest BCUT2D eigenvalue weighted by Crippen LogP contribution is 2.27. The van der Waals surface area contributed by atoms with Crippen LogP contribution in [0.3, 0.4) is 0 Å². The Morgan fingerprint density at radius 2 is 1.90 bits per heavy atom. The summed E-state index contributed by atoms with van der Waals surface area (Å²) in [6.45, 7) is 4.83. The van der Waals surface area contributed by atoms with Gasteiger partial charge in [0.05, 0.1) is 0 Å². The van der Waals surface area contributed by atoms with Gasteiger partial charge in [-0.05, 0) is 38.0 Å². The average molecular weight is 330 g/mol. The lowest BCUT2D eigenvalue weighted by Crippen LogP contribution is -2.22. The first kappa shape index (κ1) is 13.3. The number of benzene rings is 1. The Balaban J connectivity index is 1.94. The molecule has 0 spiro atoms. The van der Waals surface area contributed by atoms with Crippen LogP contribution in [0.4, 0.5) is 5.82 Å². The molecule has 0 unspecified atom stereocenters. The number of anilines is 1. The van der Waals surface area contributed by atoms with Crippen LogP contribution < -0.4 is 4.90 Å². The van der Waals surface area contributed by atoms with Crippen LogP contribution in [0.5, 0.6) is 0 Å². The van der Waals surface area contributed by atoms with Crippen molar-refractivity contribution in [1.29, 1.82) is 0 Å². The molecular formula is C16H16BrN3. The fourth-order valence-corrected chi connectivity index (χ4v) is 2.74. The van der Waals surface area contributed by atoms with Crippen LogP contribution in [0.25, 0.3) is 0 Å². The number of nitrogens with zero attached hydrogens (tertiary/aromatic N) is 3. The van der Waals surface area contributed by atoms with E-state index in [-0.39, 0.29) is 0 Å². The van der Waals surface area contributed by atoms with Gasteiger partial charge in [-0.3, -0.25) is 0 Å². The Morgan fingerprint density at radius 1 is 1.15 bits per heavy atom. The Morgan fingerprint density at radius 3 is 2.65 bits per heavy atom. The van der Waals surface area contributed by atoms with E-state index < -0.39 is 0 Å². The largest absolute Gasteiger partial charge is 0.329 e. The van der Waals surface area contributed by atoms with Gasteiger partial charge >= 0.3 is 0 Å². The molecule has 3 rings (SSSR count). The summed E-state index contributed by atoms with van der Waals surface area (Å²) >= 11 is 3.47. The summed E-state index contributed by atoms with van der Waals surface area (Å²) in [4.78, 5) is 11.3. The fourth-order valence-electron chi connectivity index (χ4n) is 2.48. The van der Waals surface area contributed by atoms with Gasteiger partial charge < -0.3 is 4.90 Å². The zero-order chi connectivity index (χ0) is 14.1. The van der Waals surface area contributed by atoms with Crippen LogP contribution in [0, 0.1) is 13.8 Å². The standard InChI is InChI=1S/C16H16BrN3/c1-11-15-4-3-9-20(16(15)19-12(2)18-11)10-13-5-7-14(17)8-6-13/h3,5-9H,4,10H2,1-2H3. The lowest BCUT2D eigenvalue weighted by Gasteiger charge is -2.26. The Kier molecular flexibility index (Phi) is 3.57. The van der Waals surface area contributed by atoms with E-state index >= 15 is 0 Å². The molecule has 20 heavy (non-hydrogen) atoms. The third kappa shape index (κ3) is 2.61. The van der Waals surface area contributed by atoms with E-state index in [2.05, 4.69) is 74.3 Å². The van der Waals surface area contributed by atoms with Crippen molar-refractivity contribution in [2.24, 2.45) is 0 Å². The summed E-state index contributed by atoms with van der Waals surface area (Å²) in [5, 5.41) is 0. The second kappa shape index (κ2) is 5.37. The Labute approximate surface area is 127 Å². The molecule has 1 aromatic carbocycles. The van der Waals surface area contributed by atoms with Crippen molar-refractivity contribution in [2.75, 3.05) is 4.90 Å². The van der Waals surface area contributed by atoms with E-state index in [1.807, 2.05) is 6.92 Å². The summed E-state index contributed by atoms with van der Waals surface area (Å²) in [6.07, 6.45) is 5.21. The average Bonchev–Trinajstić information content (AvgIpc) is 2.42. The minimum atomic E-state index is 0.826. The molecule has 0 atom stereocenters. The van der Waals surface area contributed by atoms with Crippen LogP contribution in [0.1, 0.15) is 22.6 Å². The summed E-state index contributed by atoms with van der Waals surface area (Å²) in [7, 11) is 0. The normalized spacial score (nSPS) is 13.4. The molecule has 3 nitrogen and oxygen atoms in total. The Hall–Kier alpha value is -1.68. The first-order valence-electron chi connectivity index (χ1n) is 6.65. The molecule has 0 aliphatic carbocycles. The number of halogens is 1. The van der Waals surface area contributed by atoms with Crippen molar-refractivity contribution >= 4 is 21.7 Å². The fraction of sp³-hybridized carbons (Fsp3) is 0.250. The number of allylic oxidation sites excluding steroid dienone is 1. The van der Waals surface area contributed by atoms with E-state index in [1.54, 1.807) is 0 Å². The highest BCUT2D eigenvalue weighted by atomic mass is 79.9. The van der Waals surface area contributed by atoms with Gasteiger partial charge in [0, 0.05) is 28.5 Å². The molecule has 1 aliphatic rings. The molecule has 0 fully saturated rings. The molecule has 0 N–H and O–H groups in total. The molecule has 2 heterocycles. The van der Waals surface area contributed by atoms with Crippen molar-refractivity contribution in [3.05, 3.63) is 63.7 Å². The van der Waals surface area contributed by atoms with Crippen LogP contribution >= 0.6 is 15.9 Å². The molecule has 0 bridgehead atoms. The van der Waals surface area contributed by atoms with Crippen molar-refractivity contribution in [2.45, 2.75) is 26.8 Å². The van der Waals surface area contributed by atoms with E-state index in [9.17, 15) is 0 Å². The second-order valence-corrected chi connectivity index (χ2v) is 5.92. The maximum Gasteiger partial charge on any atom is 0.140 e. The highest BCUT2D eigenvalue weighted by Gasteiger charge is 2.18. The lowest BCUT2D eigenvalue weighted by molar-refractivity contribution is 0.860. The predicted octanol–water partition coefficient (Wildman–Crippen LogP) is 3.93. The minimum absolute atomic E-state index is 0.826. The minimum Gasteiger partial charge on any atom is -0.329 e. The first-order chi connectivity index (χ1) is 9.63. The highest BCUT2D eigenvalue weighted by molar-refractivity contribution is 9.10. The van der Waals surface area contributed by atoms with Crippen LogP contribution in [-0.4, -0.2) is 9.97 Å². The van der Waals surface area contributed by atoms with Crippen LogP contribution in [-0.2, 0) is 13.0 Å². The van der Waals surface area contributed by atoms with Crippen LogP contribution in [0.15, 0.2) is 41.0 Å². The summed E-state index contributed by atoms with van der Waals surface area (Å²) < 4.78 is 1.10. The number of aromatic nitrogens is 2. The number of rotatable bonds is 2. The van der Waals surface area contributed by atoms with Gasteiger partial charge in [0.1, 0.15) is 11.6 Å². The topological polar surface area (TPSA) is 29.0 Å². The van der Waals surface area contributed by atoms with E-state index in [0.717, 1.165) is 34.8 Å². The quantitative estimate of drug-likeness (QED) is 0.835. The van der Waals surface area contributed by atoms with Gasteiger partial charge in [-0.25, -0.2) is 9.97 Å². The van der Waals surface area contributed by atoms with Crippen molar-refractivity contribution < 1.29 is 0 Å². The van der Waals surface area contributed by atoms with E-state index in [4.69, 9.17) is 0 Å². The molecule has 0 radical (unpaired) electrons. The SMILES string of the molecule is Cc1nc(C)c2c(n1)N(Cc1ccc(Br)cc1)C=CC2. The number of aryl methyl sites for hydroxylation is 2. The number of hydrogen-bond donors (Lipinski definition) is 0. The molecule has 0 amide bonds. The maximum absolute atomic E-state index is 4.62. The van der Waals surface area contributed by atoms with Crippen molar-refractivity contribution in [3.63, 3.8) is 0 Å². The third-order valence-corrected chi connectivity index (χ3v) is 3.98. The number of hydrogen-bond acceptors (Lipinski definition) is 3. The molecule has 1 aliphatic heterocycles. The molecule has 0 saturated heterocycles. The van der Waals surface area contributed by atoms with Gasteiger partial charge in [0.15, 0.2) is 0 Å². The smallest absolute Gasteiger partial charge is 0.140 e. The second-order valence-electron chi connectivity index (χ2n) is 5.00. The van der Waals surface area contributed by atoms with Gasteiger partial charge in [-0.2, -0.15) is 0 Å². The zero-order valence-corrected chi connectivity index (χ0v) is 13.2. The van der Waals surface area contributed by atoms with Crippen molar-refractivity contribution in [1.82, 2.24) is 9.97 Å². The van der Waals surface area contributed by atoms with E-state index in [0.29, 0.717) is 0 Å². The number of fused-ring (bicyclic) bond motifs is 1.